The summed E-state index contributed by atoms with van der Waals surface area (Å²) in [7, 11) is 0. The molecule has 0 spiro atoms. The quantitative estimate of drug-likeness (QED) is 0.837. The van der Waals surface area contributed by atoms with E-state index >= 15 is 0 Å². The molecule has 0 aromatic carbocycles. The molecule has 5 heteroatoms. The van der Waals surface area contributed by atoms with E-state index in [0.29, 0.717) is 12.4 Å². The van der Waals surface area contributed by atoms with Crippen molar-refractivity contribution in [1.29, 1.82) is 0 Å². The van der Waals surface area contributed by atoms with E-state index in [1.165, 1.54) is 0 Å². The molecule has 2 N–H and O–H groups in total. The van der Waals surface area contributed by atoms with Gasteiger partial charge < -0.3 is 15.0 Å². The van der Waals surface area contributed by atoms with Crippen molar-refractivity contribution in [1.82, 2.24) is 10.1 Å². The van der Waals surface area contributed by atoms with Gasteiger partial charge in [0.25, 0.3) is 0 Å². The van der Waals surface area contributed by atoms with Gasteiger partial charge in [-0.15, -0.1) is 0 Å². The van der Waals surface area contributed by atoms with Crippen LogP contribution in [0.15, 0.2) is 4.52 Å². The van der Waals surface area contributed by atoms with Crippen LogP contribution in [-0.4, -0.2) is 29.4 Å². The Morgan fingerprint density at radius 3 is 2.72 bits per heavy atom. The molecule has 2 rings (SSSR count). The number of ether oxygens (including phenoxy) is 1. The Hall–Kier alpha value is -0.940. The average molecular weight is 253 g/mol. The van der Waals surface area contributed by atoms with E-state index in [4.69, 9.17) is 15.0 Å². The maximum Gasteiger partial charge on any atom is 0.234 e. The number of nitrogens with zero attached hydrogens (tertiary/aromatic N) is 2. The molecule has 1 unspecified atom stereocenters. The van der Waals surface area contributed by atoms with Crippen LogP contribution in [0.2, 0.25) is 0 Å². The van der Waals surface area contributed by atoms with Gasteiger partial charge in [0.1, 0.15) is 0 Å². The molecule has 1 saturated heterocycles. The van der Waals surface area contributed by atoms with Crippen LogP contribution in [0.3, 0.4) is 0 Å². The Kier molecular flexibility index (Phi) is 4.35. The Labute approximate surface area is 108 Å². The molecule has 1 atom stereocenters. The summed E-state index contributed by atoms with van der Waals surface area (Å²) in [6, 6.07) is 0. The summed E-state index contributed by atoms with van der Waals surface area (Å²) in [5.74, 6) is 1.43. The van der Waals surface area contributed by atoms with E-state index in [1.807, 2.05) is 0 Å². The number of nitrogens with two attached hydrogens (primary N) is 1. The monoisotopic (exact) mass is 253 g/mol. The molecule has 1 aromatic rings. The van der Waals surface area contributed by atoms with Gasteiger partial charge in [0, 0.05) is 19.6 Å². The Morgan fingerprint density at radius 1 is 1.39 bits per heavy atom. The summed E-state index contributed by atoms with van der Waals surface area (Å²) in [4.78, 5) is 4.52. The summed E-state index contributed by atoms with van der Waals surface area (Å²) in [5, 5.41) is 4.07. The molecule has 0 bridgehead atoms. The molecule has 1 aliphatic heterocycles. The lowest BCUT2D eigenvalue weighted by molar-refractivity contribution is 0.109. The van der Waals surface area contributed by atoms with Gasteiger partial charge in [0.05, 0.1) is 11.5 Å². The second-order valence-electron chi connectivity index (χ2n) is 5.05. The fourth-order valence-corrected chi connectivity index (χ4v) is 2.49. The summed E-state index contributed by atoms with van der Waals surface area (Å²) >= 11 is 0. The molecule has 2 heterocycles. The molecule has 0 aliphatic carbocycles. The zero-order chi connectivity index (χ0) is 13.0. The first-order valence-electron chi connectivity index (χ1n) is 6.89. The topological polar surface area (TPSA) is 74.2 Å². The number of hydrogen-bond donors (Lipinski definition) is 1. The van der Waals surface area contributed by atoms with Crippen LogP contribution in [0.1, 0.15) is 51.2 Å². The third kappa shape index (κ3) is 2.57. The average Bonchev–Trinajstić information content (AvgIpc) is 3.05. The SMILES string of the molecule is CCC(CC)(CN)c1nc(CC2CCCO2)no1. The zero-order valence-corrected chi connectivity index (χ0v) is 11.3. The van der Waals surface area contributed by atoms with Crippen LogP contribution in [0.25, 0.3) is 0 Å². The normalized spacial score (nSPS) is 20.5. The van der Waals surface area contributed by atoms with Crippen molar-refractivity contribution in [2.45, 2.75) is 57.5 Å². The van der Waals surface area contributed by atoms with E-state index in [-0.39, 0.29) is 11.5 Å². The van der Waals surface area contributed by atoms with Crippen LogP contribution in [0, 0.1) is 0 Å². The molecule has 102 valence electrons. The van der Waals surface area contributed by atoms with E-state index < -0.39 is 0 Å². The minimum atomic E-state index is -0.165. The zero-order valence-electron chi connectivity index (χ0n) is 11.3. The van der Waals surface area contributed by atoms with Crippen LogP contribution in [0.4, 0.5) is 0 Å². The van der Waals surface area contributed by atoms with Crippen LogP contribution >= 0.6 is 0 Å². The van der Waals surface area contributed by atoms with Gasteiger partial charge in [-0.3, -0.25) is 0 Å². The Morgan fingerprint density at radius 2 is 2.17 bits per heavy atom. The van der Waals surface area contributed by atoms with E-state index in [9.17, 15) is 0 Å². The van der Waals surface area contributed by atoms with Crippen molar-refractivity contribution in [2.75, 3.05) is 13.2 Å². The minimum absolute atomic E-state index is 0.165. The highest BCUT2D eigenvalue weighted by Crippen LogP contribution is 2.29. The molecular formula is C13H23N3O2. The number of aromatic nitrogens is 2. The fraction of sp³-hybridized carbons (Fsp3) is 0.846. The predicted molar refractivity (Wildman–Crippen MR) is 68.3 cm³/mol. The number of hydrogen-bond acceptors (Lipinski definition) is 5. The fourth-order valence-electron chi connectivity index (χ4n) is 2.49. The highest BCUT2D eigenvalue weighted by atomic mass is 16.5. The van der Waals surface area contributed by atoms with Gasteiger partial charge in [-0.2, -0.15) is 4.98 Å². The third-order valence-corrected chi connectivity index (χ3v) is 4.10. The highest BCUT2D eigenvalue weighted by Gasteiger charge is 2.33. The third-order valence-electron chi connectivity index (χ3n) is 4.10. The van der Waals surface area contributed by atoms with Crippen molar-refractivity contribution >= 4 is 0 Å². The molecule has 1 aliphatic rings. The second-order valence-corrected chi connectivity index (χ2v) is 5.05. The van der Waals surface area contributed by atoms with Gasteiger partial charge in [-0.05, 0) is 25.7 Å². The van der Waals surface area contributed by atoms with Crippen molar-refractivity contribution in [3.63, 3.8) is 0 Å². The molecule has 0 amide bonds. The van der Waals surface area contributed by atoms with E-state index in [2.05, 4.69) is 24.0 Å². The summed E-state index contributed by atoms with van der Waals surface area (Å²) in [6.07, 6.45) is 5.06. The largest absolute Gasteiger partial charge is 0.378 e. The first-order chi connectivity index (χ1) is 8.74. The van der Waals surface area contributed by atoms with Crippen molar-refractivity contribution in [3.8, 4) is 0 Å². The summed E-state index contributed by atoms with van der Waals surface area (Å²) in [6.45, 7) is 5.62. The molecule has 1 fully saturated rings. The highest BCUT2D eigenvalue weighted by molar-refractivity contribution is 5.06. The minimum Gasteiger partial charge on any atom is -0.378 e. The lowest BCUT2D eigenvalue weighted by Gasteiger charge is -2.24. The molecule has 0 saturated carbocycles. The maximum absolute atomic E-state index is 5.88. The van der Waals surface area contributed by atoms with Gasteiger partial charge >= 0.3 is 0 Å². The van der Waals surface area contributed by atoms with Gasteiger partial charge in [0.15, 0.2) is 5.82 Å². The van der Waals surface area contributed by atoms with Crippen molar-refractivity contribution in [2.24, 2.45) is 5.73 Å². The second kappa shape index (κ2) is 5.80. The molecule has 1 aromatic heterocycles. The number of rotatable bonds is 6. The molecule has 5 nitrogen and oxygen atoms in total. The summed E-state index contributed by atoms with van der Waals surface area (Å²) < 4.78 is 11.0. The molecule has 18 heavy (non-hydrogen) atoms. The van der Waals surface area contributed by atoms with Gasteiger partial charge in [-0.1, -0.05) is 19.0 Å². The maximum atomic E-state index is 5.88. The van der Waals surface area contributed by atoms with Crippen LogP contribution in [-0.2, 0) is 16.6 Å². The lowest BCUT2D eigenvalue weighted by atomic mass is 9.82. The van der Waals surface area contributed by atoms with Crippen molar-refractivity contribution in [3.05, 3.63) is 11.7 Å². The van der Waals surface area contributed by atoms with Gasteiger partial charge in [0.2, 0.25) is 5.89 Å². The van der Waals surface area contributed by atoms with Crippen LogP contribution < -0.4 is 5.73 Å². The van der Waals surface area contributed by atoms with Crippen molar-refractivity contribution < 1.29 is 9.26 Å². The summed E-state index contributed by atoms with van der Waals surface area (Å²) in [5.41, 5.74) is 5.72. The lowest BCUT2D eigenvalue weighted by Crippen LogP contribution is -2.34. The van der Waals surface area contributed by atoms with Gasteiger partial charge in [-0.25, -0.2) is 0 Å². The first kappa shape index (κ1) is 13.5. The van der Waals surface area contributed by atoms with E-state index in [1.54, 1.807) is 0 Å². The smallest absolute Gasteiger partial charge is 0.234 e. The standard InChI is InChI=1S/C13H23N3O2/c1-3-13(4-2,9-14)12-15-11(16-18-12)8-10-6-5-7-17-10/h10H,3-9,14H2,1-2H3. The predicted octanol–water partition coefficient (Wildman–Crippen LogP) is 1.81. The van der Waals surface area contributed by atoms with Crippen LogP contribution in [0.5, 0.6) is 0 Å². The first-order valence-corrected chi connectivity index (χ1v) is 6.89. The van der Waals surface area contributed by atoms with E-state index in [0.717, 1.165) is 44.5 Å². The Balaban J connectivity index is 2.08. The molecule has 0 radical (unpaired) electrons. The molecular weight excluding hydrogens is 230 g/mol. The Bertz CT molecular complexity index is 360.